The van der Waals surface area contributed by atoms with E-state index in [0.717, 1.165) is 0 Å². The van der Waals surface area contributed by atoms with E-state index < -0.39 is 11.8 Å². The molecule has 3 rings (SSSR count). The minimum atomic E-state index is -0.561. The first-order valence-electron chi connectivity index (χ1n) is 7.00. The maximum Gasteiger partial charge on any atom is 0.338 e. The van der Waals surface area contributed by atoms with Crippen molar-refractivity contribution in [2.45, 2.75) is 6.61 Å². The molecular weight excluding hydrogens is 354 g/mol. The van der Waals surface area contributed by atoms with Gasteiger partial charge in [-0.05, 0) is 48.5 Å². The third kappa shape index (κ3) is 3.61. The zero-order valence-corrected chi connectivity index (χ0v) is 13.8. The van der Waals surface area contributed by atoms with Gasteiger partial charge in [0.15, 0.2) is 0 Å². The number of hydrogen-bond acceptors (Lipinski definition) is 3. The van der Waals surface area contributed by atoms with Crippen molar-refractivity contribution in [3.05, 3.63) is 81.8 Å². The lowest BCUT2D eigenvalue weighted by Gasteiger charge is -2.04. The lowest BCUT2D eigenvalue weighted by atomic mass is 10.2. The number of carbonyl (C=O) groups excluding carboxylic acids is 1. The van der Waals surface area contributed by atoms with Gasteiger partial charge in [0.1, 0.15) is 23.9 Å². The van der Waals surface area contributed by atoms with Crippen LogP contribution in [0, 0.1) is 5.82 Å². The van der Waals surface area contributed by atoms with Gasteiger partial charge >= 0.3 is 5.97 Å². The molecule has 1 heterocycles. The van der Waals surface area contributed by atoms with Crippen molar-refractivity contribution in [3.8, 4) is 11.3 Å². The molecule has 0 N–H and O–H groups in total. The van der Waals surface area contributed by atoms with E-state index in [1.54, 1.807) is 30.3 Å². The molecule has 0 radical (unpaired) electrons. The Balaban J connectivity index is 1.69. The van der Waals surface area contributed by atoms with E-state index in [1.807, 2.05) is 0 Å². The minimum Gasteiger partial charge on any atom is -0.457 e. The number of rotatable bonds is 4. The second kappa shape index (κ2) is 7.07. The van der Waals surface area contributed by atoms with Crippen molar-refractivity contribution in [3.63, 3.8) is 0 Å². The van der Waals surface area contributed by atoms with Crippen LogP contribution in [-0.2, 0) is 11.3 Å². The first-order valence-corrected chi connectivity index (χ1v) is 7.76. The Hall–Kier alpha value is -2.30. The summed E-state index contributed by atoms with van der Waals surface area (Å²) in [6.07, 6.45) is 0. The molecule has 0 aliphatic carbocycles. The highest BCUT2D eigenvalue weighted by Crippen LogP contribution is 2.34. The third-order valence-corrected chi connectivity index (χ3v) is 4.12. The number of hydrogen-bond donors (Lipinski definition) is 0. The number of esters is 1. The fraction of sp³-hybridized carbons (Fsp3) is 0.0556. The van der Waals surface area contributed by atoms with Crippen molar-refractivity contribution in [2.24, 2.45) is 0 Å². The van der Waals surface area contributed by atoms with Gasteiger partial charge in [0, 0.05) is 5.56 Å². The van der Waals surface area contributed by atoms with Crippen molar-refractivity contribution < 1.29 is 18.3 Å². The van der Waals surface area contributed by atoms with E-state index in [2.05, 4.69) is 0 Å². The van der Waals surface area contributed by atoms with Crippen LogP contribution in [0.15, 0.2) is 59.0 Å². The van der Waals surface area contributed by atoms with E-state index in [0.29, 0.717) is 27.1 Å². The summed E-state index contributed by atoms with van der Waals surface area (Å²) >= 11 is 12.1. The molecule has 3 nitrogen and oxygen atoms in total. The van der Waals surface area contributed by atoms with E-state index in [4.69, 9.17) is 32.4 Å². The fourth-order valence-electron chi connectivity index (χ4n) is 2.10. The van der Waals surface area contributed by atoms with Gasteiger partial charge in [-0.1, -0.05) is 29.3 Å². The van der Waals surface area contributed by atoms with Crippen LogP contribution in [-0.4, -0.2) is 5.97 Å². The largest absolute Gasteiger partial charge is 0.457 e. The second-order valence-corrected chi connectivity index (χ2v) is 5.74. The third-order valence-electron chi connectivity index (χ3n) is 3.30. The molecule has 0 spiro atoms. The monoisotopic (exact) mass is 364 g/mol. The lowest BCUT2D eigenvalue weighted by Crippen LogP contribution is -2.04. The molecule has 3 aromatic rings. The van der Waals surface area contributed by atoms with E-state index >= 15 is 0 Å². The molecule has 0 fully saturated rings. The minimum absolute atomic E-state index is 0.0472. The molecule has 0 saturated heterocycles. The Morgan fingerprint density at radius 1 is 1.04 bits per heavy atom. The normalized spacial score (nSPS) is 10.6. The molecule has 24 heavy (non-hydrogen) atoms. The van der Waals surface area contributed by atoms with Gasteiger partial charge in [-0.3, -0.25) is 0 Å². The molecule has 0 amide bonds. The molecule has 0 bridgehead atoms. The maximum atomic E-state index is 12.8. The highest BCUT2D eigenvalue weighted by atomic mass is 35.5. The molecule has 0 aliphatic rings. The van der Waals surface area contributed by atoms with Crippen molar-refractivity contribution in [2.75, 3.05) is 0 Å². The van der Waals surface area contributed by atoms with Gasteiger partial charge < -0.3 is 9.15 Å². The standard InChI is InChI=1S/C18H11Cl2FO3/c19-15-3-1-2-14(17(15)20)16-9-8-13(24-16)10-23-18(22)11-4-6-12(21)7-5-11/h1-9H,10H2. The number of benzene rings is 2. The van der Waals surface area contributed by atoms with Crippen LogP contribution in [0.2, 0.25) is 10.0 Å². The van der Waals surface area contributed by atoms with Crippen LogP contribution >= 0.6 is 23.2 Å². The van der Waals surface area contributed by atoms with Gasteiger partial charge in [0.25, 0.3) is 0 Å². The van der Waals surface area contributed by atoms with Crippen LogP contribution in [0.5, 0.6) is 0 Å². The number of carbonyl (C=O) groups is 1. The summed E-state index contributed by atoms with van der Waals surface area (Å²) in [5.41, 5.74) is 0.918. The van der Waals surface area contributed by atoms with Gasteiger partial charge in [-0.2, -0.15) is 0 Å². The molecule has 0 unspecified atom stereocenters. The molecule has 6 heteroatoms. The number of furan rings is 1. The predicted octanol–water partition coefficient (Wildman–Crippen LogP) is 5.75. The van der Waals surface area contributed by atoms with E-state index in [9.17, 15) is 9.18 Å². The van der Waals surface area contributed by atoms with Crippen LogP contribution in [0.25, 0.3) is 11.3 Å². The molecule has 0 saturated carbocycles. The first kappa shape index (κ1) is 16.6. The van der Waals surface area contributed by atoms with Crippen LogP contribution in [0.1, 0.15) is 16.1 Å². The SMILES string of the molecule is O=C(OCc1ccc(-c2cccc(Cl)c2Cl)o1)c1ccc(F)cc1. The highest BCUT2D eigenvalue weighted by molar-refractivity contribution is 6.43. The zero-order valence-electron chi connectivity index (χ0n) is 12.3. The van der Waals surface area contributed by atoms with Crippen molar-refractivity contribution >= 4 is 29.2 Å². The Labute approximate surface area is 147 Å². The van der Waals surface area contributed by atoms with Gasteiger partial charge in [-0.25, -0.2) is 9.18 Å². The summed E-state index contributed by atoms with van der Waals surface area (Å²) in [5, 5.41) is 0.818. The van der Waals surface area contributed by atoms with Gasteiger partial charge in [0.05, 0.1) is 15.6 Å². The Bertz CT molecular complexity index is 872. The summed E-state index contributed by atoms with van der Waals surface area (Å²) in [7, 11) is 0. The quantitative estimate of drug-likeness (QED) is 0.553. The summed E-state index contributed by atoms with van der Waals surface area (Å²) < 4.78 is 23.6. The predicted molar refractivity (Wildman–Crippen MR) is 89.7 cm³/mol. The van der Waals surface area contributed by atoms with Crippen molar-refractivity contribution in [1.29, 1.82) is 0 Å². The van der Waals surface area contributed by atoms with Crippen LogP contribution < -0.4 is 0 Å². The Morgan fingerprint density at radius 3 is 2.54 bits per heavy atom. The lowest BCUT2D eigenvalue weighted by molar-refractivity contribution is 0.0446. The van der Waals surface area contributed by atoms with Gasteiger partial charge in [0.2, 0.25) is 0 Å². The fourth-order valence-corrected chi connectivity index (χ4v) is 2.49. The summed E-state index contributed by atoms with van der Waals surface area (Å²) in [4.78, 5) is 11.9. The van der Waals surface area contributed by atoms with E-state index in [1.165, 1.54) is 24.3 Å². The summed E-state index contributed by atoms with van der Waals surface area (Å²) in [6, 6.07) is 13.7. The average molecular weight is 365 g/mol. The maximum absolute atomic E-state index is 12.8. The molecule has 122 valence electrons. The smallest absolute Gasteiger partial charge is 0.338 e. The summed E-state index contributed by atoms with van der Waals surface area (Å²) in [5.74, 6) is 0.00111. The van der Waals surface area contributed by atoms with Crippen LogP contribution in [0.4, 0.5) is 4.39 Å². The van der Waals surface area contributed by atoms with Crippen molar-refractivity contribution in [1.82, 2.24) is 0 Å². The molecule has 2 aromatic carbocycles. The molecule has 0 atom stereocenters. The summed E-state index contributed by atoms with van der Waals surface area (Å²) in [6.45, 7) is -0.0472. The van der Waals surface area contributed by atoms with E-state index in [-0.39, 0.29) is 12.2 Å². The topological polar surface area (TPSA) is 39.4 Å². The van der Waals surface area contributed by atoms with Gasteiger partial charge in [-0.15, -0.1) is 0 Å². The Morgan fingerprint density at radius 2 is 1.79 bits per heavy atom. The number of halogens is 3. The molecule has 0 aliphatic heterocycles. The Kier molecular flexibility index (Phi) is 4.88. The zero-order chi connectivity index (χ0) is 17.1. The average Bonchev–Trinajstić information content (AvgIpc) is 3.04. The van der Waals surface area contributed by atoms with Crippen LogP contribution in [0.3, 0.4) is 0 Å². The molecular formula is C18H11Cl2FO3. The highest BCUT2D eigenvalue weighted by Gasteiger charge is 2.13. The second-order valence-electron chi connectivity index (χ2n) is 4.95. The molecule has 1 aromatic heterocycles. The first-order chi connectivity index (χ1) is 11.5. The number of ether oxygens (including phenoxy) is 1.